The van der Waals surface area contributed by atoms with Gasteiger partial charge < -0.3 is 16.4 Å². The summed E-state index contributed by atoms with van der Waals surface area (Å²) >= 11 is 6.22. The number of carbonyl (C=O) groups excluding carboxylic acids is 3. The average molecular weight is 495 g/mol. The SMILES string of the molecule is Nc1c(F)c(-c2cnccc2Cl)cc2cc(NC(=O)C=C3CCC4(CC3)NC(=O)NC4=O)ncc12. The molecule has 4 amide bonds. The number of amides is 4. The summed E-state index contributed by atoms with van der Waals surface area (Å²) in [5.41, 5.74) is 6.50. The van der Waals surface area contributed by atoms with Gasteiger partial charge in [-0.3, -0.25) is 19.9 Å². The van der Waals surface area contributed by atoms with Crippen molar-refractivity contribution in [1.82, 2.24) is 20.6 Å². The minimum Gasteiger partial charge on any atom is -0.396 e. The van der Waals surface area contributed by atoms with Crippen LogP contribution in [0.25, 0.3) is 21.9 Å². The van der Waals surface area contributed by atoms with Gasteiger partial charge in [-0.05, 0) is 49.3 Å². The van der Waals surface area contributed by atoms with Crippen molar-refractivity contribution in [3.63, 3.8) is 0 Å². The molecule has 5 rings (SSSR count). The summed E-state index contributed by atoms with van der Waals surface area (Å²) < 4.78 is 15.0. The van der Waals surface area contributed by atoms with Gasteiger partial charge in [-0.2, -0.15) is 0 Å². The first-order chi connectivity index (χ1) is 16.8. The van der Waals surface area contributed by atoms with Gasteiger partial charge in [0.05, 0.1) is 10.7 Å². The Bertz CT molecular complexity index is 1430. The van der Waals surface area contributed by atoms with Gasteiger partial charge in [-0.1, -0.05) is 17.2 Å². The van der Waals surface area contributed by atoms with E-state index in [-0.39, 0.29) is 28.9 Å². The van der Waals surface area contributed by atoms with Crippen LogP contribution < -0.4 is 21.7 Å². The topological polar surface area (TPSA) is 139 Å². The van der Waals surface area contributed by atoms with E-state index in [9.17, 15) is 18.8 Å². The average Bonchev–Trinajstić information content (AvgIpc) is 3.10. The number of anilines is 2. The van der Waals surface area contributed by atoms with E-state index < -0.39 is 17.4 Å². The number of allylic oxidation sites excluding steroid dienone is 1. The molecule has 1 saturated carbocycles. The van der Waals surface area contributed by atoms with E-state index in [1.807, 2.05) is 0 Å². The second-order valence-electron chi connectivity index (χ2n) is 8.58. The summed E-state index contributed by atoms with van der Waals surface area (Å²) in [6.07, 6.45) is 7.67. The van der Waals surface area contributed by atoms with Gasteiger partial charge in [0.15, 0.2) is 5.82 Å². The lowest BCUT2D eigenvalue weighted by Gasteiger charge is -2.31. The van der Waals surface area contributed by atoms with E-state index in [4.69, 9.17) is 17.3 Å². The second-order valence-corrected chi connectivity index (χ2v) is 8.99. The van der Waals surface area contributed by atoms with Crippen LogP contribution >= 0.6 is 11.6 Å². The minimum absolute atomic E-state index is 0.0795. The van der Waals surface area contributed by atoms with Crippen LogP contribution in [0.4, 0.5) is 20.7 Å². The van der Waals surface area contributed by atoms with Crippen molar-refractivity contribution in [3.8, 4) is 11.1 Å². The van der Waals surface area contributed by atoms with Crippen molar-refractivity contribution in [3.05, 3.63) is 59.3 Å². The summed E-state index contributed by atoms with van der Waals surface area (Å²) in [5, 5.41) is 8.97. The summed E-state index contributed by atoms with van der Waals surface area (Å²) in [5.74, 6) is -1.07. The second kappa shape index (κ2) is 8.62. The highest BCUT2D eigenvalue weighted by Gasteiger charge is 2.47. The van der Waals surface area contributed by atoms with Gasteiger partial charge in [-0.25, -0.2) is 14.2 Å². The zero-order valence-electron chi connectivity index (χ0n) is 18.3. The Balaban J connectivity index is 1.36. The molecule has 0 atom stereocenters. The minimum atomic E-state index is -0.894. The van der Waals surface area contributed by atoms with Crippen LogP contribution in [0.2, 0.25) is 5.02 Å². The zero-order chi connectivity index (χ0) is 24.7. The number of pyridine rings is 2. The first kappa shape index (κ1) is 22.7. The fraction of sp³-hybridized carbons (Fsp3) is 0.208. The summed E-state index contributed by atoms with van der Waals surface area (Å²) in [6.45, 7) is 0. The number of nitrogens with one attached hydrogen (secondary N) is 3. The maximum atomic E-state index is 15.0. The smallest absolute Gasteiger partial charge is 0.322 e. The standard InChI is InChI=1S/C24H20ClFN6O3/c25-17-3-6-28-10-16(17)14-8-13-9-18(29-11-15(13)21(27)20(14)26)30-19(33)7-12-1-4-24(5-2-12)22(34)31-23(35)32-24/h3,6-11H,1-2,4-5,27H2,(H,29,30,33)(H2,31,32,34,35). The van der Waals surface area contributed by atoms with Gasteiger partial charge in [0.2, 0.25) is 5.91 Å². The van der Waals surface area contributed by atoms with E-state index in [0.29, 0.717) is 47.0 Å². The molecule has 3 heterocycles. The summed E-state index contributed by atoms with van der Waals surface area (Å²) in [4.78, 5) is 44.4. The molecule has 3 aromatic rings. The van der Waals surface area contributed by atoms with Gasteiger partial charge in [0.1, 0.15) is 11.4 Å². The Morgan fingerprint density at radius 1 is 1.20 bits per heavy atom. The molecule has 5 N–H and O–H groups in total. The van der Waals surface area contributed by atoms with Crippen LogP contribution in [0.1, 0.15) is 25.7 Å². The molecule has 1 saturated heterocycles. The number of carbonyl (C=O) groups is 3. The molecule has 1 aromatic carbocycles. The molecule has 9 nitrogen and oxygen atoms in total. The van der Waals surface area contributed by atoms with Crippen molar-refractivity contribution in [1.29, 1.82) is 0 Å². The van der Waals surface area contributed by atoms with E-state index in [0.717, 1.165) is 5.57 Å². The van der Waals surface area contributed by atoms with Crippen molar-refractivity contribution in [2.75, 3.05) is 11.1 Å². The van der Waals surface area contributed by atoms with Crippen LogP contribution in [-0.4, -0.2) is 33.4 Å². The van der Waals surface area contributed by atoms with Gasteiger partial charge >= 0.3 is 6.03 Å². The molecule has 2 aliphatic rings. The van der Waals surface area contributed by atoms with Crippen LogP contribution in [-0.2, 0) is 9.59 Å². The largest absolute Gasteiger partial charge is 0.396 e. The Morgan fingerprint density at radius 3 is 2.66 bits per heavy atom. The third-order valence-electron chi connectivity index (χ3n) is 6.40. The lowest BCUT2D eigenvalue weighted by atomic mass is 9.79. The van der Waals surface area contributed by atoms with Gasteiger partial charge in [-0.15, -0.1) is 0 Å². The molecular formula is C24H20ClFN6O3. The number of benzene rings is 1. The lowest BCUT2D eigenvalue weighted by Crippen LogP contribution is -2.48. The van der Waals surface area contributed by atoms with Crippen LogP contribution in [0.5, 0.6) is 0 Å². The molecule has 2 aromatic heterocycles. The van der Waals surface area contributed by atoms with E-state index in [1.165, 1.54) is 24.7 Å². The molecule has 0 bridgehead atoms. The highest BCUT2D eigenvalue weighted by molar-refractivity contribution is 6.33. The molecule has 0 radical (unpaired) electrons. The first-order valence-corrected chi connectivity index (χ1v) is 11.3. The van der Waals surface area contributed by atoms with E-state index in [1.54, 1.807) is 18.2 Å². The number of imide groups is 1. The normalized spacial score (nSPS) is 19.5. The molecule has 1 spiro atoms. The number of fused-ring (bicyclic) bond motifs is 1. The maximum absolute atomic E-state index is 15.0. The van der Waals surface area contributed by atoms with Gasteiger partial charge in [0, 0.05) is 41.2 Å². The number of rotatable bonds is 3. The number of halogens is 2. The predicted molar refractivity (Wildman–Crippen MR) is 129 cm³/mol. The van der Waals surface area contributed by atoms with Crippen molar-refractivity contribution < 1.29 is 18.8 Å². The Labute approximate surface area is 204 Å². The number of nitrogens with two attached hydrogens (primary N) is 1. The van der Waals surface area contributed by atoms with Crippen molar-refractivity contribution in [2.24, 2.45) is 0 Å². The number of aromatic nitrogens is 2. The van der Waals surface area contributed by atoms with Crippen molar-refractivity contribution >= 4 is 51.7 Å². The Hall–Kier alpha value is -4.05. The number of urea groups is 1. The first-order valence-electron chi connectivity index (χ1n) is 10.9. The molecule has 178 valence electrons. The van der Waals surface area contributed by atoms with Gasteiger partial charge in [0.25, 0.3) is 5.91 Å². The fourth-order valence-corrected chi connectivity index (χ4v) is 4.71. The quantitative estimate of drug-likeness (QED) is 0.249. The lowest BCUT2D eigenvalue weighted by molar-refractivity contribution is -0.124. The highest BCUT2D eigenvalue weighted by Crippen LogP contribution is 2.37. The van der Waals surface area contributed by atoms with Crippen molar-refractivity contribution in [2.45, 2.75) is 31.2 Å². The molecule has 35 heavy (non-hydrogen) atoms. The highest BCUT2D eigenvalue weighted by atomic mass is 35.5. The summed E-state index contributed by atoms with van der Waals surface area (Å²) in [7, 11) is 0. The molecule has 2 fully saturated rings. The molecule has 1 aliphatic carbocycles. The predicted octanol–water partition coefficient (Wildman–Crippen LogP) is 3.69. The van der Waals surface area contributed by atoms with Crippen LogP contribution in [0.15, 0.2) is 48.4 Å². The molecule has 0 unspecified atom stereocenters. The van der Waals surface area contributed by atoms with Crippen LogP contribution in [0, 0.1) is 5.82 Å². The monoisotopic (exact) mass is 494 g/mol. The Kier molecular flexibility index (Phi) is 5.60. The number of hydrogen-bond donors (Lipinski definition) is 4. The number of nitrogen functional groups attached to an aromatic ring is 1. The van der Waals surface area contributed by atoms with E-state index in [2.05, 4.69) is 25.9 Å². The molecular weight excluding hydrogens is 475 g/mol. The maximum Gasteiger partial charge on any atom is 0.322 e. The molecule has 11 heteroatoms. The third-order valence-corrected chi connectivity index (χ3v) is 6.73. The number of nitrogens with zero attached hydrogens (tertiary/aromatic N) is 2. The van der Waals surface area contributed by atoms with Crippen LogP contribution in [0.3, 0.4) is 0 Å². The van der Waals surface area contributed by atoms with E-state index >= 15 is 0 Å². The molecule has 1 aliphatic heterocycles. The third kappa shape index (κ3) is 4.17. The zero-order valence-corrected chi connectivity index (χ0v) is 19.1. The summed E-state index contributed by atoms with van der Waals surface area (Å²) in [6, 6.07) is 4.25. The number of hydrogen-bond acceptors (Lipinski definition) is 6. The fourth-order valence-electron chi connectivity index (χ4n) is 4.51. The Morgan fingerprint density at radius 2 is 1.97 bits per heavy atom.